The van der Waals surface area contributed by atoms with Gasteiger partial charge in [-0.15, -0.1) is 0 Å². The zero-order chi connectivity index (χ0) is 9.69. The van der Waals surface area contributed by atoms with Crippen molar-refractivity contribution in [2.45, 2.75) is 31.7 Å². The molecule has 0 bridgehead atoms. The van der Waals surface area contributed by atoms with Gasteiger partial charge < -0.3 is 10.6 Å². The van der Waals surface area contributed by atoms with E-state index in [1.807, 2.05) is 0 Å². The van der Waals surface area contributed by atoms with Crippen molar-refractivity contribution in [1.82, 2.24) is 4.90 Å². The molecule has 2 N–H and O–H groups in total. The molecule has 1 heterocycles. The van der Waals surface area contributed by atoms with E-state index in [2.05, 4.69) is 4.90 Å². The summed E-state index contributed by atoms with van der Waals surface area (Å²) in [6.45, 7) is 3.84. The first-order valence-electron chi connectivity index (χ1n) is 4.79. The Morgan fingerprint density at radius 1 is 1.54 bits per heavy atom. The van der Waals surface area contributed by atoms with Gasteiger partial charge in [0.25, 0.3) is 5.92 Å². The summed E-state index contributed by atoms with van der Waals surface area (Å²) in [4.78, 5) is 2.06. The lowest BCUT2D eigenvalue weighted by Crippen LogP contribution is -2.32. The lowest BCUT2D eigenvalue weighted by molar-refractivity contribution is 0.0565. The maximum Gasteiger partial charge on any atom is 0.255 e. The van der Waals surface area contributed by atoms with E-state index < -0.39 is 11.3 Å². The molecule has 0 aromatic carbocycles. The minimum Gasteiger partial charge on any atom is -0.326 e. The molecule has 2 rings (SSSR count). The summed E-state index contributed by atoms with van der Waals surface area (Å²) in [5.74, 6) is -2.43. The van der Waals surface area contributed by atoms with E-state index in [-0.39, 0.29) is 12.5 Å². The third-order valence-electron chi connectivity index (χ3n) is 3.25. The van der Waals surface area contributed by atoms with E-state index in [1.165, 1.54) is 0 Å². The van der Waals surface area contributed by atoms with Crippen LogP contribution in [-0.4, -0.2) is 36.5 Å². The Morgan fingerprint density at radius 2 is 2.15 bits per heavy atom. The van der Waals surface area contributed by atoms with Crippen LogP contribution in [0.15, 0.2) is 0 Å². The number of nitrogens with two attached hydrogens (primary N) is 1. The molecule has 2 atom stereocenters. The molecule has 1 saturated heterocycles. The molecule has 2 aliphatic rings. The van der Waals surface area contributed by atoms with Gasteiger partial charge in [0, 0.05) is 31.0 Å². The zero-order valence-corrected chi connectivity index (χ0v) is 7.89. The summed E-state index contributed by atoms with van der Waals surface area (Å²) in [5.41, 5.74) is 4.94. The Balaban J connectivity index is 1.86. The van der Waals surface area contributed by atoms with E-state index in [4.69, 9.17) is 5.73 Å². The lowest BCUT2D eigenvalue weighted by atomic mass is 10.1. The normalized spacial score (nSPS) is 43.8. The maximum atomic E-state index is 12.9. The molecule has 0 amide bonds. The largest absolute Gasteiger partial charge is 0.326 e. The van der Waals surface area contributed by atoms with Gasteiger partial charge in [-0.05, 0) is 13.0 Å². The second-order valence-corrected chi connectivity index (χ2v) is 4.73. The fraction of sp³-hybridized carbons (Fsp3) is 1.00. The van der Waals surface area contributed by atoms with Gasteiger partial charge in [0.05, 0.1) is 0 Å². The molecule has 1 saturated carbocycles. The van der Waals surface area contributed by atoms with Gasteiger partial charge in [0.1, 0.15) is 0 Å². The van der Waals surface area contributed by atoms with Crippen molar-refractivity contribution < 1.29 is 8.78 Å². The van der Waals surface area contributed by atoms with Gasteiger partial charge in [-0.1, -0.05) is 6.92 Å². The van der Waals surface area contributed by atoms with E-state index in [0.717, 1.165) is 19.5 Å². The second kappa shape index (κ2) is 2.64. The SMILES string of the molecule is CC1(CN2CC[C@@H](N)C2)CC1(F)F. The van der Waals surface area contributed by atoms with Crippen molar-refractivity contribution in [3.8, 4) is 0 Å². The van der Waals surface area contributed by atoms with Crippen LogP contribution >= 0.6 is 0 Å². The fourth-order valence-electron chi connectivity index (χ4n) is 2.12. The molecule has 13 heavy (non-hydrogen) atoms. The number of nitrogens with zero attached hydrogens (tertiary/aromatic N) is 1. The van der Waals surface area contributed by atoms with Crippen LogP contribution in [0.4, 0.5) is 8.78 Å². The molecule has 0 spiro atoms. The first-order chi connectivity index (χ1) is 5.93. The van der Waals surface area contributed by atoms with Crippen molar-refractivity contribution in [3.63, 3.8) is 0 Å². The predicted octanol–water partition coefficient (Wildman–Crippen LogP) is 1.06. The molecule has 2 nitrogen and oxygen atoms in total. The van der Waals surface area contributed by atoms with Gasteiger partial charge in [0.2, 0.25) is 0 Å². The molecule has 0 aromatic heterocycles. The third-order valence-corrected chi connectivity index (χ3v) is 3.25. The minimum atomic E-state index is -2.43. The average molecular weight is 190 g/mol. The van der Waals surface area contributed by atoms with Crippen molar-refractivity contribution in [2.75, 3.05) is 19.6 Å². The van der Waals surface area contributed by atoms with E-state index in [9.17, 15) is 8.78 Å². The Morgan fingerprint density at radius 3 is 2.54 bits per heavy atom. The predicted molar refractivity (Wildman–Crippen MR) is 46.7 cm³/mol. The molecule has 1 aliphatic heterocycles. The van der Waals surface area contributed by atoms with Crippen molar-refractivity contribution in [1.29, 1.82) is 0 Å². The smallest absolute Gasteiger partial charge is 0.255 e. The van der Waals surface area contributed by atoms with Crippen molar-refractivity contribution in [2.24, 2.45) is 11.1 Å². The van der Waals surface area contributed by atoms with Crippen LogP contribution in [-0.2, 0) is 0 Å². The summed E-state index contributed by atoms with van der Waals surface area (Å²) in [6.07, 6.45) is 0.993. The highest BCUT2D eigenvalue weighted by molar-refractivity contribution is 5.09. The van der Waals surface area contributed by atoms with Crippen LogP contribution in [0.1, 0.15) is 19.8 Å². The lowest BCUT2D eigenvalue weighted by Gasteiger charge is -2.20. The summed E-state index contributed by atoms with van der Waals surface area (Å²) < 4.78 is 25.7. The highest BCUT2D eigenvalue weighted by atomic mass is 19.3. The number of alkyl halides is 2. The molecule has 1 aliphatic carbocycles. The highest BCUT2D eigenvalue weighted by Gasteiger charge is 2.68. The van der Waals surface area contributed by atoms with Gasteiger partial charge in [-0.2, -0.15) is 0 Å². The van der Waals surface area contributed by atoms with Crippen molar-refractivity contribution in [3.05, 3.63) is 0 Å². The standard InChI is InChI=1S/C9H16F2N2/c1-8(5-9(8,10)11)6-13-3-2-7(12)4-13/h7H,2-6,12H2,1H3/t7-,8?/m1/s1. The molecule has 0 aromatic rings. The Labute approximate surface area is 77.1 Å². The molecule has 1 unspecified atom stereocenters. The third kappa shape index (κ3) is 1.57. The van der Waals surface area contributed by atoms with E-state index >= 15 is 0 Å². The van der Waals surface area contributed by atoms with Crippen LogP contribution in [0.25, 0.3) is 0 Å². The summed E-state index contributed by atoms with van der Waals surface area (Å²) in [7, 11) is 0. The van der Waals surface area contributed by atoms with E-state index in [0.29, 0.717) is 6.54 Å². The van der Waals surface area contributed by atoms with Crippen LogP contribution in [0.2, 0.25) is 0 Å². The quantitative estimate of drug-likeness (QED) is 0.705. The second-order valence-electron chi connectivity index (χ2n) is 4.73. The highest BCUT2D eigenvalue weighted by Crippen LogP contribution is 2.60. The minimum absolute atomic E-state index is 0.0474. The van der Waals surface area contributed by atoms with Crippen molar-refractivity contribution >= 4 is 0 Å². The summed E-state index contributed by atoms with van der Waals surface area (Å²) in [6, 6.07) is 0.191. The monoisotopic (exact) mass is 190 g/mol. The Hall–Kier alpha value is -0.220. The van der Waals surface area contributed by atoms with Crippen LogP contribution in [0.5, 0.6) is 0 Å². The number of halogens is 2. The van der Waals surface area contributed by atoms with Crippen LogP contribution in [0, 0.1) is 5.41 Å². The molecule has 2 fully saturated rings. The first kappa shape index (κ1) is 9.34. The molecular weight excluding hydrogens is 174 g/mol. The number of rotatable bonds is 2. The molecule has 76 valence electrons. The Bertz CT molecular complexity index is 220. The zero-order valence-electron chi connectivity index (χ0n) is 7.89. The molecule has 4 heteroatoms. The summed E-state index contributed by atoms with van der Waals surface area (Å²) in [5, 5.41) is 0. The van der Waals surface area contributed by atoms with Gasteiger partial charge in [-0.3, -0.25) is 0 Å². The maximum absolute atomic E-state index is 12.9. The molecule has 0 radical (unpaired) electrons. The fourth-order valence-corrected chi connectivity index (χ4v) is 2.12. The number of hydrogen-bond donors (Lipinski definition) is 1. The van der Waals surface area contributed by atoms with Crippen LogP contribution < -0.4 is 5.73 Å². The van der Waals surface area contributed by atoms with E-state index in [1.54, 1.807) is 6.92 Å². The Kier molecular flexibility index (Phi) is 1.90. The first-order valence-corrected chi connectivity index (χ1v) is 4.79. The van der Waals surface area contributed by atoms with Gasteiger partial charge in [0.15, 0.2) is 0 Å². The summed E-state index contributed by atoms with van der Waals surface area (Å²) >= 11 is 0. The van der Waals surface area contributed by atoms with Gasteiger partial charge >= 0.3 is 0 Å². The molecular formula is C9H16F2N2. The average Bonchev–Trinajstić information content (AvgIpc) is 2.37. The van der Waals surface area contributed by atoms with Crippen LogP contribution in [0.3, 0.4) is 0 Å². The number of hydrogen-bond acceptors (Lipinski definition) is 2. The number of likely N-dealkylation sites (tertiary alicyclic amines) is 1. The topological polar surface area (TPSA) is 29.3 Å². The van der Waals surface area contributed by atoms with Gasteiger partial charge in [-0.25, -0.2) is 8.78 Å².